The molecule has 0 saturated carbocycles. The quantitative estimate of drug-likeness (QED) is 0.774. The fourth-order valence-electron chi connectivity index (χ4n) is 1.67. The molecule has 0 saturated heterocycles. The minimum absolute atomic E-state index is 0.463. The van der Waals surface area contributed by atoms with Gasteiger partial charge >= 0.3 is 0 Å². The molecule has 0 radical (unpaired) electrons. The van der Waals surface area contributed by atoms with E-state index in [1.54, 1.807) is 11.3 Å². The second-order valence-corrected chi connectivity index (χ2v) is 4.89. The van der Waals surface area contributed by atoms with E-state index in [-0.39, 0.29) is 0 Å². The van der Waals surface area contributed by atoms with E-state index in [9.17, 15) is 0 Å². The molecule has 2 N–H and O–H groups in total. The van der Waals surface area contributed by atoms with E-state index in [1.807, 2.05) is 35.7 Å². The lowest BCUT2D eigenvalue weighted by molar-refractivity contribution is 0.565. The minimum atomic E-state index is 0.463. The number of hydrogen-bond acceptors (Lipinski definition) is 6. The van der Waals surface area contributed by atoms with Gasteiger partial charge < -0.3 is 5.73 Å². The molecule has 0 atom stereocenters. The summed E-state index contributed by atoms with van der Waals surface area (Å²) in [5.41, 5.74) is 7.39. The molecule has 0 amide bonds. The maximum absolute atomic E-state index is 5.53. The molecular formula is C12H12N6S. The van der Waals surface area contributed by atoms with Gasteiger partial charge in [-0.05, 0) is 5.21 Å². The van der Waals surface area contributed by atoms with Crippen LogP contribution in [0.2, 0.25) is 0 Å². The van der Waals surface area contributed by atoms with Crippen molar-refractivity contribution in [1.82, 2.24) is 25.2 Å². The van der Waals surface area contributed by atoms with Crippen LogP contribution < -0.4 is 5.73 Å². The lowest BCUT2D eigenvalue weighted by Crippen LogP contribution is -2.05. The van der Waals surface area contributed by atoms with Gasteiger partial charge in [0.05, 0.1) is 5.69 Å². The monoisotopic (exact) mass is 272 g/mol. The normalized spacial score (nSPS) is 10.8. The molecule has 2 aromatic heterocycles. The number of nitrogens with zero attached hydrogens (tertiary/aromatic N) is 5. The van der Waals surface area contributed by atoms with Gasteiger partial charge in [-0.25, -0.2) is 4.98 Å². The Labute approximate surface area is 113 Å². The average Bonchev–Trinajstić information content (AvgIpc) is 3.09. The molecule has 2 heterocycles. The number of nitrogens with two attached hydrogens (primary N) is 1. The van der Waals surface area contributed by atoms with Crippen molar-refractivity contribution in [2.45, 2.75) is 13.1 Å². The zero-order valence-electron chi connectivity index (χ0n) is 10.1. The summed E-state index contributed by atoms with van der Waals surface area (Å²) in [5, 5.41) is 15.3. The molecule has 0 spiro atoms. The number of hydrogen-bond donors (Lipinski definition) is 1. The Balaban J connectivity index is 1.78. The highest BCUT2D eigenvalue weighted by Gasteiger charge is 2.07. The van der Waals surface area contributed by atoms with Gasteiger partial charge in [0.2, 0.25) is 5.82 Å². The molecule has 3 rings (SSSR count). The van der Waals surface area contributed by atoms with E-state index in [4.69, 9.17) is 5.73 Å². The van der Waals surface area contributed by atoms with E-state index in [0.717, 1.165) is 16.3 Å². The molecular weight excluding hydrogens is 260 g/mol. The predicted molar refractivity (Wildman–Crippen MR) is 72.4 cm³/mol. The summed E-state index contributed by atoms with van der Waals surface area (Å²) in [6.07, 6.45) is 0. The zero-order valence-corrected chi connectivity index (χ0v) is 10.9. The summed E-state index contributed by atoms with van der Waals surface area (Å²) in [4.78, 5) is 5.91. The first kappa shape index (κ1) is 11.9. The second-order valence-electron chi connectivity index (χ2n) is 3.95. The topological polar surface area (TPSA) is 82.5 Å². The first-order valence-electron chi connectivity index (χ1n) is 5.82. The van der Waals surface area contributed by atoms with Gasteiger partial charge in [0.1, 0.15) is 11.6 Å². The molecule has 19 heavy (non-hydrogen) atoms. The van der Waals surface area contributed by atoms with Crippen molar-refractivity contribution in [1.29, 1.82) is 0 Å². The van der Waals surface area contributed by atoms with E-state index in [1.165, 1.54) is 4.80 Å². The molecule has 7 heteroatoms. The van der Waals surface area contributed by atoms with E-state index >= 15 is 0 Å². The van der Waals surface area contributed by atoms with Crippen molar-refractivity contribution < 1.29 is 0 Å². The Morgan fingerprint density at radius 2 is 2.05 bits per heavy atom. The molecule has 0 aliphatic carbocycles. The number of tetrazole rings is 1. The van der Waals surface area contributed by atoms with Crippen LogP contribution in [0.3, 0.4) is 0 Å². The maximum Gasteiger partial charge on any atom is 0.204 e. The summed E-state index contributed by atoms with van der Waals surface area (Å²) in [6, 6.07) is 9.76. The molecule has 0 unspecified atom stereocenters. The number of benzene rings is 1. The van der Waals surface area contributed by atoms with Crippen LogP contribution in [0.1, 0.15) is 10.7 Å². The lowest BCUT2D eigenvalue weighted by Gasteiger charge is -1.94. The molecule has 0 aliphatic rings. The first-order chi connectivity index (χ1) is 9.35. The fourth-order valence-corrected chi connectivity index (χ4v) is 2.34. The molecule has 3 aromatic rings. The summed E-state index contributed by atoms with van der Waals surface area (Å²) in [5.74, 6) is 0.620. The Morgan fingerprint density at radius 3 is 2.79 bits per heavy atom. The summed E-state index contributed by atoms with van der Waals surface area (Å²) >= 11 is 1.55. The van der Waals surface area contributed by atoms with Crippen molar-refractivity contribution in [2.75, 3.05) is 0 Å². The Hall–Kier alpha value is -2.12. The van der Waals surface area contributed by atoms with Crippen molar-refractivity contribution in [3.8, 4) is 11.4 Å². The third kappa shape index (κ3) is 2.67. The van der Waals surface area contributed by atoms with Gasteiger partial charge in [-0.3, -0.25) is 0 Å². The zero-order chi connectivity index (χ0) is 13.1. The highest BCUT2D eigenvalue weighted by atomic mass is 32.1. The van der Waals surface area contributed by atoms with Gasteiger partial charge in [0.15, 0.2) is 0 Å². The van der Waals surface area contributed by atoms with E-state index < -0.39 is 0 Å². The fraction of sp³-hybridized carbons (Fsp3) is 0.167. The summed E-state index contributed by atoms with van der Waals surface area (Å²) < 4.78 is 0. The van der Waals surface area contributed by atoms with Crippen LogP contribution in [0, 0.1) is 0 Å². The largest absolute Gasteiger partial charge is 0.325 e. The molecule has 0 aliphatic heterocycles. The van der Waals surface area contributed by atoms with Crippen molar-refractivity contribution in [2.24, 2.45) is 5.73 Å². The highest BCUT2D eigenvalue weighted by molar-refractivity contribution is 7.09. The Kier molecular flexibility index (Phi) is 3.30. The van der Waals surface area contributed by atoms with Crippen molar-refractivity contribution in [3.05, 3.63) is 46.4 Å². The smallest absolute Gasteiger partial charge is 0.204 e. The Morgan fingerprint density at radius 1 is 1.21 bits per heavy atom. The lowest BCUT2D eigenvalue weighted by atomic mass is 10.2. The van der Waals surface area contributed by atoms with Gasteiger partial charge in [0, 0.05) is 17.5 Å². The SMILES string of the molecule is NCc1nc(Cn2nnc(-c3ccccc3)n2)cs1. The van der Waals surface area contributed by atoms with Crippen LogP contribution in [0.5, 0.6) is 0 Å². The standard InChI is InChI=1S/C12H12N6S/c13-6-11-14-10(8-19-11)7-18-16-12(15-17-18)9-4-2-1-3-5-9/h1-5,8H,6-7,13H2. The van der Waals surface area contributed by atoms with Crippen LogP contribution in [0.4, 0.5) is 0 Å². The molecule has 0 fully saturated rings. The number of aromatic nitrogens is 5. The molecule has 6 nitrogen and oxygen atoms in total. The third-order valence-corrected chi connectivity index (χ3v) is 3.48. The third-order valence-electron chi connectivity index (χ3n) is 2.56. The average molecular weight is 272 g/mol. The predicted octanol–water partition coefficient (Wildman–Crippen LogP) is 1.30. The van der Waals surface area contributed by atoms with Gasteiger partial charge in [-0.2, -0.15) is 4.80 Å². The summed E-state index contributed by atoms with van der Waals surface area (Å²) in [7, 11) is 0. The molecule has 0 bridgehead atoms. The van der Waals surface area contributed by atoms with E-state index in [2.05, 4.69) is 20.4 Å². The number of thiazole rings is 1. The van der Waals surface area contributed by atoms with Gasteiger partial charge in [0.25, 0.3) is 0 Å². The summed E-state index contributed by atoms with van der Waals surface area (Å²) in [6.45, 7) is 0.973. The van der Waals surface area contributed by atoms with Crippen LogP contribution in [0.25, 0.3) is 11.4 Å². The van der Waals surface area contributed by atoms with Gasteiger partial charge in [-0.15, -0.1) is 21.5 Å². The minimum Gasteiger partial charge on any atom is -0.325 e. The van der Waals surface area contributed by atoms with Crippen molar-refractivity contribution >= 4 is 11.3 Å². The number of rotatable bonds is 4. The maximum atomic E-state index is 5.53. The van der Waals surface area contributed by atoms with Crippen molar-refractivity contribution in [3.63, 3.8) is 0 Å². The Bertz CT molecular complexity index is 660. The van der Waals surface area contributed by atoms with E-state index in [0.29, 0.717) is 18.9 Å². The molecule has 96 valence electrons. The van der Waals surface area contributed by atoms with Crippen LogP contribution in [-0.2, 0) is 13.1 Å². The second kappa shape index (κ2) is 5.25. The highest BCUT2D eigenvalue weighted by Crippen LogP contribution is 2.13. The van der Waals surface area contributed by atoms with Crippen LogP contribution >= 0.6 is 11.3 Å². The van der Waals surface area contributed by atoms with Crippen LogP contribution in [-0.4, -0.2) is 25.2 Å². The van der Waals surface area contributed by atoms with Gasteiger partial charge in [-0.1, -0.05) is 30.3 Å². The first-order valence-corrected chi connectivity index (χ1v) is 6.69. The van der Waals surface area contributed by atoms with Crippen LogP contribution in [0.15, 0.2) is 35.7 Å². The molecule has 1 aromatic carbocycles.